The summed E-state index contributed by atoms with van der Waals surface area (Å²) in [5, 5.41) is 4.24. The molecule has 1 N–H and O–H groups in total. The second kappa shape index (κ2) is 10.8. The van der Waals surface area contributed by atoms with Crippen LogP contribution in [0.5, 0.6) is 0 Å². The zero-order chi connectivity index (χ0) is 23.1. The van der Waals surface area contributed by atoms with Crippen molar-refractivity contribution >= 4 is 49.7 Å². The van der Waals surface area contributed by atoms with Gasteiger partial charge in [0, 0.05) is 21.6 Å². The maximum absolute atomic E-state index is 13.7. The summed E-state index contributed by atoms with van der Waals surface area (Å²) in [6, 6.07) is 18.7. The third kappa shape index (κ3) is 6.46. The van der Waals surface area contributed by atoms with Crippen LogP contribution in [0.4, 0.5) is 4.39 Å². The highest BCUT2D eigenvalue weighted by atomic mass is 79.9. The molecule has 3 aromatic rings. The van der Waals surface area contributed by atoms with Gasteiger partial charge in [0.2, 0.25) is 10.0 Å². The SMILES string of the molecule is O=C(CN(Cc1ccc(Cl)cc1)S(=O)(=O)c1ccc(Br)cc1)N/N=C\c1ccccc1F. The van der Waals surface area contributed by atoms with Gasteiger partial charge in [-0.1, -0.05) is 57.9 Å². The highest BCUT2D eigenvalue weighted by Gasteiger charge is 2.27. The third-order valence-electron chi connectivity index (χ3n) is 4.34. The zero-order valence-corrected chi connectivity index (χ0v) is 19.7. The van der Waals surface area contributed by atoms with E-state index in [9.17, 15) is 17.6 Å². The van der Waals surface area contributed by atoms with Crippen LogP contribution in [0.1, 0.15) is 11.1 Å². The van der Waals surface area contributed by atoms with Crippen molar-refractivity contribution in [2.24, 2.45) is 5.10 Å². The molecule has 0 aliphatic carbocycles. The summed E-state index contributed by atoms with van der Waals surface area (Å²) in [4.78, 5) is 12.5. The monoisotopic (exact) mass is 537 g/mol. The van der Waals surface area contributed by atoms with Crippen LogP contribution in [0.2, 0.25) is 5.02 Å². The van der Waals surface area contributed by atoms with Gasteiger partial charge in [-0.3, -0.25) is 4.79 Å². The molecule has 166 valence electrons. The van der Waals surface area contributed by atoms with Gasteiger partial charge in [0.25, 0.3) is 5.91 Å². The molecule has 0 fully saturated rings. The Labute approximate surface area is 198 Å². The van der Waals surface area contributed by atoms with E-state index in [1.807, 2.05) is 0 Å². The molecule has 0 saturated heterocycles. The zero-order valence-electron chi connectivity index (χ0n) is 16.6. The summed E-state index contributed by atoms with van der Waals surface area (Å²) in [5.41, 5.74) is 3.08. The molecule has 0 aliphatic heterocycles. The average Bonchev–Trinajstić information content (AvgIpc) is 2.76. The number of sulfonamides is 1. The van der Waals surface area contributed by atoms with E-state index in [0.717, 1.165) is 15.0 Å². The van der Waals surface area contributed by atoms with Crippen LogP contribution in [0.3, 0.4) is 0 Å². The van der Waals surface area contributed by atoms with E-state index in [1.54, 1.807) is 42.5 Å². The molecule has 0 heterocycles. The maximum atomic E-state index is 13.7. The molecular weight excluding hydrogens is 521 g/mol. The first kappa shape index (κ1) is 24.1. The van der Waals surface area contributed by atoms with E-state index in [0.29, 0.717) is 10.6 Å². The van der Waals surface area contributed by atoms with Crippen molar-refractivity contribution in [2.45, 2.75) is 11.4 Å². The van der Waals surface area contributed by atoms with Gasteiger partial charge in [0.1, 0.15) is 5.82 Å². The van der Waals surface area contributed by atoms with Crippen molar-refractivity contribution in [1.82, 2.24) is 9.73 Å². The van der Waals surface area contributed by atoms with E-state index in [4.69, 9.17) is 11.6 Å². The van der Waals surface area contributed by atoms with Gasteiger partial charge >= 0.3 is 0 Å². The molecule has 0 unspecified atom stereocenters. The van der Waals surface area contributed by atoms with Crippen molar-refractivity contribution in [3.63, 3.8) is 0 Å². The van der Waals surface area contributed by atoms with Crippen molar-refractivity contribution < 1.29 is 17.6 Å². The number of carbonyl (C=O) groups excluding carboxylic acids is 1. The molecular formula is C22H18BrClFN3O3S. The molecule has 3 rings (SSSR count). The molecule has 0 spiro atoms. The molecule has 3 aromatic carbocycles. The van der Waals surface area contributed by atoms with Gasteiger partial charge in [-0.15, -0.1) is 0 Å². The van der Waals surface area contributed by atoms with Crippen LogP contribution in [-0.4, -0.2) is 31.4 Å². The fourth-order valence-corrected chi connectivity index (χ4v) is 4.50. The van der Waals surface area contributed by atoms with E-state index < -0.39 is 28.3 Å². The minimum atomic E-state index is -4.00. The summed E-state index contributed by atoms with van der Waals surface area (Å²) in [7, 11) is -4.00. The quantitative estimate of drug-likeness (QED) is 0.337. The van der Waals surface area contributed by atoms with Gasteiger partial charge < -0.3 is 0 Å². The molecule has 6 nitrogen and oxygen atoms in total. The highest BCUT2D eigenvalue weighted by molar-refractivity contribution is 9.10. The van der Waals surface area contributed by atoms with Crippen LogP contribution >= 0.6 is 27.5 Å². The van der Waals surface area contributed by atoms with Crippen LogP contribution < -0.4 is 5.43 Å². The van der Waals surface area contributed by atoms with Gasteiger partial charge in [-0.2, -0.15) is 9.41 Å². The standard InChI is InChI=1S/C22H18BrClFN3O3S/c23-18-7-11-20(12-8-18)32(30,31)28(14-16-5-9-19(24)10-6-16)15-22(29)27-26-13-17-3-1-2-4-21(17)25/h1-13H,14-15H2,(H,27,29)/b26-13-. The average molecular weight is 539 g/mol. The predicted molar refractivity (Wildman–Crippen MR) is 125 cm³/mol. The Morgan fingerprint density at radius 3 is 2.38 bits per heavy atom. The van der Waals surface area contributed by atoms with E-state index in [2.05, 4.69) is 26.5 Å². The number of rotatable bonds is 8. The largest absolute Gasteiger partial charge is 0.272 e. The predicted octanol–water partition coefficient (Wildman–Crippen LogP) is 4.58. The lowest BCUT2D eigenvalue weighted by atomic mass is 10.2. The number of hydrogen-bond donors (Lipinski definition) is 1. The fraction of sp³-hybridized carbons (Fsp3) is 0.0909. The maximum Gasteiger partial charge on any atom is 0.255 e. The first-order chi connectivity index (χ1) is 15.3. The first-order valence-corrected chi connectivity index (χ1v) is 11.9. The van der Waals surface area contributed by atoms with Crippen molar-refractivity contribution in [3.05, 3.63) is 99.2 Å². The molecule has 32 heavy (non-hydrogen) atoms. The highest BCUT2D eigenvalue weighted by Crippen LogP contribution is 2.21. The molecule has 10 heteroatoms. The van der Waals surface area contributed by atoms with Gasteiger partial charge in [-0.05, 0) is 48.0 Å². The van der Waals surface area contributed by atoms with Gasteiger partial charge in [0.15, 0.2) is 0 Å². The third-order valence-corrected chi connectivity index (χ3v) is 6.93. The van der Waals surface area contributed by atoms with Crippen molar-refractivity contribution in [2.75, 3.05) is 6.54 Å². The van der Waals surface area contributed by atoms with Gasteiger partial charge in [-0.25, -0.2) is 18.2 Å². The smallest absolute Gasteiger partial charge is 0.255 e. The molecule has 1 amide bonds. The molecule has 0 aromatic heterocycles. The lowest BCUT2D eigenvalue weighted by Crippen LogP contribution is -2.39. The minimum absolute atomic E-state index is 0.0392. The lowest BCUT2D eigenvalue weighted by molar-refractivity contribution is -0.121. The Hall–Kier alpha value is -2.59. The Balaban J connectivity index is 1.80. The number of hydrazone groups is 1. The Bertz CT molecular complexity index is 1220. The molecule has 0 atom stereocenters. The Kier molecular flexibility index (Phi) is 8.14. The Morgan fingerprint density at radius 2 is 1.72 bits per heavy atom. The van der Waals surface area contributed by atoms with Crippen molar-refractivity contribution in [3.8, 4) is 0 Å². The number of nitrogens with zero attached hydrogens (tertiary/aromatic N) is 2. The van der Waals surface area contributed by atoms with E-state index in [1.165, 1.54) is 30.3 Å². The number of hydrogen-bond acceptors (Lipinski definition) is 4. The topological polar surface area (TPSA) is 78.8 Å². The summed E-state index contributed by atoms with van der Waals surface area (Å²) in [5.74, 6) is -1.17. The number of carbonyl (C=O) groups is 1. The summed E-state index contributed by atoms with van der Waals surface area (Å²) < 4.78 is 41.8. The summed E-state index contributed by atoms with van der Waals surface area (Å²) >= 11 is 9.18. The Morgan fingerprint density at radius 1 is 1.06 bits per heavy atom. The first-order valence-electron chi connectivity index (χ1n) is 9.32. The van der Waals surface area contributed by atoms with Crippen LogP contribution in [0, 0.1) is 5.82 Å². The summed E-state index contributed by atoms with van der Waals surface area (Å²) in [6.45, 7) is -0.546. The number of amides is 1. The van der Waals surface area contributed by atoms with E-state index >= 15 is 0 Å². The van der Waals surface area contributed by atoms with Crippen LogP contribution in [0.25, 0.3) is 0 Å². The van der Waals surface area contributed by atoms with E-state index in [-0.39, 0.29) is 17.0 Å². The number of benzene rings is 3. The fourth-order valence-electron chi connectivity index (χ4n) is 2.72. The van der Waals surface area contributed by atoms with Gasteiger partial charge in [0.05, 0.1) is 17.7 Å². The second-order valence-electron chi connectivity index (χ2n) is 6.67. The van der Waals surface area contributed by atoms with Crippen LogP contribution in [0.15, 0.2) is 87.3 Å². The molecule has 0 saturated carbocycles. The normalized spacial score (nSPS) is 11.8. The molecule has 0 bridgehead atoms. The molecule has 0 aliphatic rings. The van der Waals surface area contributed by atoms with Crippen LogP contribution in [-0.2, 0) is 21.4 Å². The number of nitrogens with one attached hydrogen (secondary N) is 1. The van der Waals surface area contributed by atoms with Crippen molar-refractivity contribution in [1.29, 1.82) is 0 Å². The minimum Gasteiger partial charge on any atom is -0.272 e. The molecule has 0 radical (unpaired) electrons. The lowest BCUT2D eigenvalue weighted by Gasteiger charge is -2.21. The summed E-state index contributed by atoms with van der Waals surface area (Å²) in [6.07, 6.45) is 1.15. The second-order valence-corrected chi connectivity index (χ2v) is 9.96. The number of halogens is 3.